The first-order valence-corrected chi connectivity index (χ1v) is 6.74. The normalized spacial score (nSPS) is 12.1. The lowest BCUT2D eigenvalue weighted by atomic mass is 10.1. The molecule has 2 rings (SSSR count). The van der Waals surface area contributed by atoms with Crippen molar-refractivity contribution in [3.8, 4) is 5.75 Å². The fourth-order valence-corrected chi connectivity index (χ4v) is 2.06. The van der Waals surface area contributed by atoms with Gasteiger partial charge in [-0.1, -0.05) is 41.9 Å². The smallest absolute Gasteiger partial charge is 0.125 e. The van der Waals surface area contributed by atoms with Crippen molar-refractivity contribution in [1.82, 2.24) is 0 Å². The first kappa shape index (κ1) is 13.3. The Labute approximate surface area is 117 Å². The van der Waals surface area contributed by atoms with E-state index in [0.717, 1.165) is 17.7 Å². The van der Waals surface area contributed by atoms with E-state index in [1.807, 2.05) is 54.6 Å². The summed E-state index contributed by atoms with van der Waals surface area (Å²) in [5, 5.41) is 0.705. The molecule has 0 aliphatic heterocycles. The summed E-state index contributed by atoms with van der Waals surface area (Å²) in [4.78, 5) is 0. The lowest BCUT2D eigenvalue weighted by Gasteiger charge is -2.18. The van der Waals surface area contributed by atoms with Crippen molar-refractivity contribution in [2.24, 2.45) is 0 Å². The van der Waals surface area contributed by atoms with Crippen LogP contribution in [0, 0.1) is 0 Å². The molecule has 0 saturated carbocycles. The molecule has 0 radical (unpaired) electrons. The topological polar surface area (TPSA) is 9.23 Å². The first-order valence-electron chi connectivity index (χ1n) is 5.83. The summed E-state index contributed by atoms with van der Waals surface area (Å²) in [5.74, 6) is 1.37. The van der Waals surface area contributed by atoms with Crippen molar-refractivity contribution in [2.75, 3.05) is 5.88 Å². The van der Waals surface area contributed by atoms with Gasteiger partial charge in [-0.25, -0.2) is 0 Å². The van der Waals surface area contributed by atoms with Crippen molar-refractivity contribution in [3.05, 3.63) is 65.2 Å². The molecule has 2 aromatic carbocycles. The van der Waals surface area contributed by atoms with Crippen LogP contribution < -0.4 is 4.74 Å². The van der Waals surface area contributed by atoms with E-state index in [4.69, 9.17) is 27.9 Å². The summed E-state index contributed by atoms with van der Waals surface area (Å²) in [5.41, 5.74) is 1.13. The minimum Gasteiger partial charge on any atom is -0.486 e. The molecule has 2 aromatic rings. The van der Waals surface area contributed by atoms with Gasteiger partial charge in [-0.05, 0) is 29.8 Å². The summed E-state index contributed by atoms with van der Waals surface area (Å²) in [6.45, 7) is 0. The summed E-state index contributed by atoms with van der Waals surface area (Å²) in [6, 6.07) is 17.5. The van der Waals surface area contributed by atoms with Gasteiger partial charge >= 0.3 is 0 Å². The summed E-state index contributed by atoms with van der Waals surface area (Å²) in [7, 11) is 0. The first-order chi connectivity index (χ1) is 8.79. The van der Waals surface area contributed by atoms with Gasteiger partial charge in [0.2, 0.25) is 0 Å². The van der Waals surface area contributed by atoms with Gasteiger partial charge in [0.25, 0.3) is 0 Å². The van der Waals surface area contributed by atoms with Crippen LogP contribution in [-0.2, 0) is 0 Å². The molecule has 0 spiro atoms. The molecule has 0 aromatic heterocycles. The lowest BCUT2D eigenvalue weighted by Crippen LogP contribution is -2.08. The van der Waals surface area contributed by atoms with Crippen molar-refractivity contribution in [2.45, 2.75) is 12.5 Å². The molecule has 0 heterocycles. The maximum Gasteiger partial charge on any atom is 0.125 e. The highest BCUT2D eigenvalue weighted by Crippen LogP contribution is 2.26. The van der Waals surface area contributed by atoms with E-state index < -0.39 is 0 Å². The third-order valence-corrected chi connectivity index (χ3v) is 3.10. The van der Waals surface area contributed by atoms with Crippen LogP contribution in [0.5, 0.6) is 5.75 Å². The average molecular weight is 281 g/mol. The van der Waals surface area contributed by atoms with Gasteiger partial charge in [0, 0.05) is 17.3 Å². The minimum absolute atomic E-state index is 0.0233. The van der Waals surface area contributed by atoms with Gasteiger partial charge in [0.05, 0.1) is 0 Å². The third kappa shape index (κ3) is 3.66. The van der Waals surface area contributed by atoms with Crippen LogP contribution in [-0.4, -0.2) is 5.88 Å². The number of alkyl halides is 1. The highest BCUT2D eigenvalue weighted by atomic mass is 35.5. The van der Waals surface area contributed by atoms with E-state index in [1.54, 1.807) is 0 Å². The zero-order valence-corrected chi connectivity index (χ0v) is 11.4. The number of hydrogen-bond donors (Lipinski definition) is 0. The molecule has 0 fully saturated rings. The van der Waals surface area contributed by atoms with E-state index in [1.165, 1.54) is 0 Å². The molecule has 3 heteroatoms. The van der Waals surface area contributed by atoms with Crippen molar-refractivity contribution < 1.29 is 4.74 Å². The predicted octanol–water partition coefficient (Wildman–Crippen LogP) is 5.09. The van der Waals surface area contributed by atoms with Gasteiger partial charge in [-0.3, -0.25) is 0 Å². The molecule has 0 aliphatic carbocycles. The molecule has 1 atom stereocenters. The van der Waals surface area contributed by atoms with Crippen LogP contribution in [0.3, 0.4) is 0 Å². The number of ether oxygens (including phenoxy) is 1. The van der Waals surface area contributed by atoms with E-state index in [9.17, 15) is 0 Å². The Morgan fingerprint density at radius 3 is 2.22 bits per heavy atom. The van der Waals surface area contributed by atoms with Gasteiger partial charge < -0.3 is 4.74 Å². The Bertz CT molecular complexity index is 468. The Morgan fingerprint density at radius 1 is 0.944 bits per heavy atom. The van der Waals surface area contributed by atoms with Crippen LogP contribution in [0.4, 0.5) is 0 Å². The Hall–Kier alpha value is -1.18. The molecule has 94 valence electrons. The Morgan fingerprint density at radius 2 is 1.61 bits per heavy atom. The van der Waals surface area contributed by atoms with E-state index in [-0.39, 0.29) is 6.10 Å². The van der Waals surface area contributed by atoms with Crippen LogP contribution in [0.1, 0.15) is 18.1 Å². The lowest BCUT2D eigenvalue weighted by molar-refractivity contribution is 0.202. The molecule has 1 nitrogen and oxygen atoms in total. The quantitative estimate of drug-likeness (QED) is 0.694. The summed E-state index contributed by atoms with van der Waals surface area (Å²) < 4.78 is 5.95. The largest absolute Gasteiger partial charge is 0.486 e. The maximum atomic E-state index is 5.95. The zero-order valence-electron chi connectivity index (χ0n) is 9.85. The highest BCUT2D eigenvalue weighted by molar-refractivity contribution is 6.30. The standard InChI is InChI=1S/C15H14Cl2O/c16-11-10-15(12-4-2-1-3-5-12)18-14-8-6-13(17)7-9-14/h1-9,15H,10-11H2. The maximum absolute atomic E-state index is 5.95. The molecule has 0 bridgehead atoms. The zero-order chi connectivity index (χ0) is 12.8. The fourth-order valence-electron chi connectivity index (χ4n) is 1.74. The molecule has 0 amide bonds. The molecular weight excluding hydrogens is 267 g/mol. The molecule has 0 N–H and O–H groups in total. The van der Waals surface area contributed by atoms with E-state index >= 15 is 0 Å². The van der Waals surface area contributed by atoms with Crippen molar-refractivity contribution in [1.29, 1.82) is 0 Å². The Balaban J connectivity index is 2.14. The van der Waals surface area contributed by atoms with Crippen molar-refractivity contribution in [3.63, 3.8) is 0 Å². The second-order valence-corrected chi connectivity index (χ2v) is 4.76. The SMILES string of the molecule is ClCCC(Oc1ccc(Cl)cc1)c1ccccc1. The fraction of sp³-hybridized carbons (Fsp3) is 0.200. The van der Waals surface area contributed by atoms with Gasteiger partial charge in [0.15, 0.2) is 0 Å². The predicted molar refractivity (Wildman–Crippen MR) is 76.6 cm³/mol. The minimum atomic E-state index is -0.0233. The van der Waals surface area contributed by atoms with Crippen molar-refractivity contribution >= 4 is 23.2 Å². The number of halogens is 2. The van der Waals surface area contributed by atoms with E-state index in [0.29, 0.717) is 10.9 Å². The average Bonchev–Trinajstić information content (AvgIpc) is 2.42. The monoisotopic (exact) mass is 280 g/mol. The molecule has 0 saturated heterocycles. The number of benzene rings is 2. The van der Waals surface area contributed by atoms with Crippen LogP contribution >= 0.6 is 23.2 Å². The number of hydrogen-bond acceptors (Lipinski definition) is 1. The molecule has 0 aliphatic rings. The van der Waals surface area contributed by atoms with Crippen LogP contribution in [0.2, 0.25) is 5.02 Å². The summed E-state index contributed by atoms with van der Waals surface area (Å²) in [6.07, 6.45) is 0.749. The molecule has 1 unspecified atom stereocenters. The summed E-state index contributed by atoms with van der Waals surface area (Å²) >= 11 is 11.7. The second kappa shape index (κ2) is 6.67. The molecular formula is C15H14Cl2O. The van der Waals surface area contributed by atoms with E-state index in [2.05, 4.69) is 0 Å². The van der Waals surface area contributed by atoms with Crippen LogP contribution in [0.25, 0.3) is 0 Å². The van der Waals surface area contributed by atoms with Crippen LogP contribution in [0.15, 0.2) is 54.6 Å². The number of rotatable bonds is 5. The second-order valence-electron chi connectivity index (χ2n) is 3.95. The van der Waals surface area contributed by atoms with Gasteiger partial charge in [0.1, 0.15) is 11.9 Å². The molecule has 18 heavy (non-hydrogen) atoms. The third-order valence-electron chi connectivity index (χ3n) is 2.63. The highest BCUT2D eigenvalue weighted by Gasteiger charge is 2.12. The van der Waals surface area contributed by atoms with Gasteiger partial charge in [-0.15, -0.1) is 11.6 Å². The van der Waals surface area contributed by atoms with Gasteiger partial charge in [-0.2, -0.15) is 0 Å². The Kier molecular flexibility index (Phi) is 4.91.